The summed E-state index contributed by atoms with van der Waals surface area (Å²) in [5.74, 6) is 0.00727. The van der Waals surface area contributed by atoms with Gasteiger partial charge in [0.05, 0.1) is 23.8 Å². The van der Waals surface area contributed by atoms with Crippen molar-refractivity contribution in [3.63, 3.8) is 0 Å². The first-order chi connectivity index (χ1) is 11.2. The largest absolute Gasteiger partial charge is 0.390 e. The summed E-state index contributed by atoms with van der Waals surface area (Å²) in [6, 6.07) is 13.1. The predicted molar refractivity (Wildman–Crippen MR) is 85.4 cm³/mol. The fraction of sp³-hybridized carbons (Fsp3) is 0.333. The number of nitrogens with zero attached hydrogens (tertiary/aromatic N) is 2. The van der Waals surface area contributed by atoms with Crippen LogP contribution in [0.25, 0.3) is 0 Å². The first-order valence-corrected chi connectivity index (χ1v) is 7.67. The third-order valence-corrected chi connectivity index (χ3v) is 4.40. The number of aromatic nitrogens is 1. The van der Waals surface area contributed by atoms with Crippen molar-refractivity contribution in [2.24, 2.45) is 0 Å². The molecule has 4 unspecified atom stereocenters. The number of nitrogens with one attached hydrogen (secondary N) is 1. The van der Waals surface area contributed by atoms with E-state index in [0.717, 1.165) is 11.1 Å². The van der Waals surface area contributed by atoms with Gasteiger partial charge in [-0.15, -0.1) is 0 Å². The molecule has 1 fully saturated rings. The maximum Gasteiger partial charge on any atom is 0.0991 e. The van der Waals surface area contributed by atoms with Gasteiger partial charge in [-0.1, -0.05) is 18.2 Å². The van der Waals surface area contributed by atoms with Gasteiger partial charge in [-0.25, -0.2) is 0 Å². The minimum absolute atomic E-state index is 0.00727. The molecule has 0 radical (unpaired) electrons. The van der Waals surface area contributed by atoms with Crippen molar-refractivity contribution < 1.29 is 10.2 Å². The van der Waals surface area contributed by atoms with E-state index in [1.54, 1.807) is 18.5 Å². The van der Waals surface area contributed by atoms with Crippen LogP contribution in [0, 0.1) is 11.3 Å². The lowest BCUT2D eigenvalue weighted by molar-refractivity contribution is 0.0297. The van der Waals surface area contributed by atoms with Gasteiger partial charge in [0.25, 0.3) is 0 Å². The Hall–Kier alpha value is -2.26. The molecule has 5 nitrogen and oxygen atoms in total. The highest BCUT2D eigenvalue weighted by Gasteiger charge is 2.42. The second kappa shape index (κ2) is 6.88. The van der Waals surface area contributed by atoms with Crippen molar-refractivity contribution in [3.8, 4) is 6.07 Å². The summed E-state index contributed by atoms with van der Waals surface area (Å²) >= 11 is 0. The molecule has 1 saturated carbocycles. The number of hydrogen-bond acceptors (Lipinski definition) is 5. The van der Waals surface area contributed by atoms with E-state index < -0.39 is 12.2 Å². The van der Waals surface area contributed by atoms with Crippen LogP contribution in [0.1, 0.15) is 29.0 Å². The zero-order valence-corrected chi connectivity index (χ0v) is 12.6. The molecule has 2 aromatic rings. The zero-order valence-electron chi connectivity index (χ0n) is 12.6. The smallest absolute Gasteiger partial charge is 0.0991 e. The Morgan fingerprint density at radius 3 is 2.87 bits per heavy atom. The quantitative estimate of drug-likeness (QED) is 0.792. The van der Waals surface area contributed by atoms with Gasteiger partial charge in [-0.2, -0.15) is 5.26 Å². The Balaban J connectivity index is 1.75. The SMILES string of the molecule is N#Cc1cccc(CNC2C(c3cccnc3)CC(O)C2O)c1. The normalized spacial score (nSPS) is 26.8. The van der Waals surface area contributed by atoms with Gasteiger partial charge in [0.1, 0.15) is 0 Å². The van der Waals surface area contributed by atoms with Crippen molar-refractivity contribution >= 4 is 0 Å². The van der Waals surface area contributed by atoms with E-state index >= 15 is 0 Å². The molecule has 0 spiro atoms. The molecule has 5 heteroatoms. The Morgan fingerprint density at radius 2 is 2.13 bits per heavy atom. The molecule has 0 saturated heterocycles. The highest BCUT2D eigenvalue weighted by atomic mass is 16.3. The highest BCUT2D eigenvalue weighted by molar-refractivity contribution is 5.33. The van der Waals surface area contributed by atoms with Gasteiger partial charge in [0.15, 0.2) is 0 Å². The fourth-order valence-corrected chi connectivity index (χ4v) is 3.21. The molecular formula is C18H19N3O2. The van der Waals surface area contributed by atoms with Crippen LogP contribution >= 0.6 is 0 Å². The first-order valence-electron chi connectivity index (χ1n) is 7.67. The highest BCUT2D eigenvalue weighted by Crippen LogP contribution is 2.35. The van der Waals surface area contributed by atoms with Gasteiger partial charge < -0.3 is 15.5 Å². The Kier molecular flexibility index (Phi) is 4.68. The van der Waals surface area contributed by atoms with E-state index in [9.17, 15) is 10.2 Å². The Labute approximate surface area is 135 Å². The molecule has 1 heterocycles. The topological polar surface area (TPSA) is 89.2 Å². The van der Waals surface area contributed by atoms with E-state index in [0.29, 0.717) is 18.5 Å². The average molecular weight is 309 g/mol. The van der Waals surface area contributed by atoms with Gasteiger partial charge >= 0.3 is 0 Å². The van der Waals surface area contributed by atoms with Gasteiger partial charge in [-0.3, -0.25) is 4.98 Å². The van der Waals surface area contributed by atoms with Crippen LogP contribution in [-0.2, 0) is 6.54 Å². The van der Waals surface area contributed by atoms with Crippen LogP contribution < -0.4 is 5.32 Å². The summed E-state index contributed by atoms with van der Waals surface area (Å²) in [4.78, 5) is 4.13. The van der Waals surface area contributed by atoms with E-state index in [1.165, 1.54) is 0 Å². The van der Waals surface area contributed by atoms with Crippen molar-refractivity contribution in [2.45, 2.75) is 37.1 Å². The molecule has 1 aliphatic rings. The van der Waals surface area contributed by atoms with Crippen molar-refractivity contribution in [3.05, 3.63) is 65.5 Å². The lowest BCUT2D eigenvalue weighted by Crippen LogP contribution is -2.41. The number of nitriles is 1. The lowest BCUT2D eigenvalue weighted by Gasteiger charge is -2.23. The van der Waals surface area contributed by atoms with Crippen LogP contribution in [0.4, 0.5) is 0 Å². The Morgan fingerprint density at radius 1 is 1.26 bits per heavy atom. The van der Waals surface area contributed by atoms with Gasteiger partial charge in [0.2, 0.25) is 0 Å². The minimum Gasteiger partial charge on any atom is -0.390 e. The van der Waals surface area contributed by atoms with Gasteiger partial charge in [0, 0.05) is 30.9 Å². The summed E-state index contributed by atoms with van der Waals surface area (Å²) in [5, 5.41) is 32.6. The molecule has 0 bridgehead atoms. The monoisotopic (exact) mass is 309 g/mol. The second-order valence-electron chi connectivity index (χ2n) is 5.91. The molecule has 1 aromatic heterocycles. The van der Waals surface area contributed by atoms with E-state index in [-0.39, 0.29) is 12.0 Å². The van der Waals surface area contributed by atoms with Crippen LogP contribution in [0.3, 0.4) is 0 Å². The van der Waals surface area contributed by atoms with E-state index in [4.69, 9.17) is 5.26 Å². The summed E-state index contributed by atoms with van der Waals surface area (Å²) in [7, 11) is 0. The summed E-state index contributed by atoms with van der Waals surface area (Å²) < 4.78 is 0. The zero-order chi connectivity index (χ0) is 16.2. The third-order valence-electron chi connectivity index (χ3n) is 4.40. The second-order valence-corrected chi connectivity index (χ2v) is 5.91. The molecule has 0 aliphatic heterocycles. The van der Waals surface area contributed by atoms with Crippen molar-refractivity contribution in [1.29, 1.82) is 5.26 Å². The van der Waals surface area contributed by atoms with Crippen LogP contribution in [0.15, 0.2) is 48.8 Å². The number of aliphatic hydroxyl groups is 2. The molecule has 0 amide bonds. The molecular weight excluding hydrogens is 290 g/mol. The maximum absolute atomic E-state index is 10.3. The number of benzene rings is 1. The fourth-order valence-electron chi connectivity index (χ4n) is 3.21. The number of rotatable bonds is 4. The molecule has 3 N–H and O–H groups in total. The van der Waals surface area contributed by atoms with Crippen LogP contribution in [0.5, 0.6) is 0 Å². The average Bonchev–Trinajstić information content (AvgIpc) is 2.89. The van der Waals surface area contributed by atoms with E-state index in [2.05, 4.69) is 16.4 Å². The number of hydrogen-bond donors (Lipinski definition) is 3. The molecule has 23 heavy (non-hydrogen) atoms. The summed E-state index contributed by atoms with van der Waals surface area (Å²) in [6.07, 6.45) is 2.42. The third kappa shape index (κ3) is 3.40. The number of aliphatic hydroxyl groups excluding tert-OH is 2. The summed E-state index contributed by atoms with van der Waals surface area (Å²) in [6.45, 7) is 0.529. The predicted octanol–water partition coefficient (Wildman–Crippen LogP) is 1.32. The molecule has 1 aromatic carbocycles. The molecule has 3 rings (SSSR count). The van der Waals surface area contributed by atoms with Crippen LogP contribution in [-0.4, -0.2) is 33.4 Å². The summed E-state index contributed by atoms with van der Waals surface area (Å²) in [5.41, 5.74) is 2.59. The Bertz CT molecular complexity index is 699. The lowest BCUT2D eigenvalue weighted by atomic mass is 9.94. The maximum atomic E-state index is 10.3. The minimum atomic E-state index is -0.820. The van der Waals surface area contributed by atoms with Gasteiger partial charge in [-0.05, 0) is 35.7 Å². The van der Waals surface area contributed by atoms with E-state index in [1.807, 2.05) is 30.3 Å². The van der Waals surface area contributed by atoms with Crippen LogP contribution in [0.2, 0.25) is 0 Å². The number of pyridine rings is 1. The standard InChI is InChI=1S/C18H19N3O2/c19-9-12-3-1-4-13(7-12)10-21-17-15(8-16(22)18(17)23)14-5-2-6-20-11-14/h1-7,11,15-18,21-23H,8,10H2. The molecule has 4 atom stereocenters. The van der Waals surface area contributed by atoms with Crippen molar-refractivity contribution in [1.82, 2.24) is 10.3 Å². The first kappa shape index (κ1) is 15.6. The molecule has 1 aliphatic carbocycles. The van der Waals surface area contributed by atoms with Crippen molar-refractivity contribution in [2.75, 3.05) is 0 Å². The molecule has 118 valence electrons.